The molecule has 0 aromatic rings. The van der Waals surface area contributed by atoms with E-state index in [2.05, 4.69) is 11.2 Å². The average Bonchev–Trinajstić information content (AvgIpc) is 2.21. The minimum atomic E-state index is 0.877. The summed E-state index contributed by atoms with van der Waals surface area (Å²) < 4.78 is 0. The van der Waals surface area contributed by atoms with E-state index in [9.17, 15) is 0 Å². The predicted molar refractivity (Wildman–Crippen MR) is 44.1 cm³/mol. The molecule has 11 heavy (non-hydrogen) atoms. The number of rotatable bonds is 0. The third-order valence-electron chi connectivity index (χ3n) is 1.82. The van der Waals surface area contributed by atoms with Crippen LogP contribution in [0.25, 0.3) is 0 Å². The van der Waals surface area contributed by atoms with Gasteiger partial charge < -0.3 is 4.84 Å². The normalized spacial score (nSPS) is 21.0. The molecule has 0 spiro atoms. The Morgan fingerprint density at radius 1 is 1.36 bits per heavy atom. The van der Waals surface area contributed by atoms with E-state index in [0.29, 0.717) is 0 Å². The van der Waals surface area contributed by atoms with Gasteiger partial charge in [0.25, 0.3) is 0 Å². The topological polar surface area (TPSA) is 21.6 Å². The molecule has 2 rings (SSSR count). The molecule has 1 aliphatic carbocycles. The summed E-state index contributed by atoms with van der Waals surface area (Å²) >= 11 is 0. The van der Waals surface area contributed by atoms with Crippen molar-refractivity contribution < 1.29 is 4.84 Å². The summed E-state index contributed by atoms with van der Waals surface area (Å²) in [5.74, 6) is 0.926. The predicted octanol–water partition coefficient (Wildman–Crippen LogP) is 2.16. The molecule has 0 radical (unpaired) electrons. The molecule has 0 atom stereocenters. The number of hydrogen-bond donors (Lipinski definition) is 0. The smallest absolute Gasteiger partial charge is 0.139 e. The van der Waals surface area contributed by atoms with E-state index in [0.717, 1.165) is 17.9 Å². The zero-order valence-corrected chi connectivity index (χ0v) is 6.37. The summed E-state index contributed by atoms with van der Waals surface area (Å²) in [6.45, 7) is 1.96. The fourth-order valence-electron chi connectivity index (χ4n) is 1.14. The van der Waals surface area contributed by atoms with Gasteiger partial charge in [-0.05, 0) is 18.6 Å². The van der Waals surface area contributed by atoms with Crippen LogP contribution in [0.15, 0.2) is 40.8 Å². The molecule has 2 nitrogen and oxygen atoms in total. The van der Waals surface area contributed by atoms with Gasteiger partial charge >= 0.3 is 0 Å². The molecule has 0 saturated heterocycles. The Morgan fingerprint density at radius 3 is 3.09 bits per heavy atom. The lowest BCUT2D eigenvalue weighted by molar-refractivity contribution is 0.214. The second-order valence-electron chi connectivity index (χ2n) is 2.65. The standard InChI is InChI=1S/C9H9NO/c1-7-8-4-2-3-5-9(6-8)11-10-7/h2-5H,6H2,1H3. The highest BCUT2D eigenvalue weighted by molar-refractivity contribution is 5.99. The lowest BCUT2D eigenvalue weighted by atomic mass is 10.1. The second kappa shape index (κ2) is 2.38. The molecule has 0 amide bonds. The number of nitrogens with zero attached hydrogens (tertiary/aromatic N) is 1. The van der Waals surface area contributed by atoms with Crippen molar-refractivity contribution in [2.24, 2.45) is 5.16 Å². The summed E-state index contributed by atoms with van der Waals surface area (Å²) in [7, 11) is 0. The van der Waals surface area contributed by atoms with Gasteiger partial charge in [0.2, 0.25) is 0 Å². The van der Waals surface area contributed by atoms with E-state index < -0.39 is 0 Å². The van der Waals surface area contributed by atoms with Gasteiger partial charge in [-0.15, -0.1) is 0 Å². The van der Waals surface area contributed by atoms with Crippen molar-refractivity contribution in [2.75, 3.05) is 0 Å². The third-order valence-corrected chi connectivity index (χ3v) is 1.82. The molecule has 0 aromatic carbocycles. The maximum atomic E-state index is 5.10. The maximum absolute atomic E-state index is 5.10. The number of fused-ring (bicyclic) bond motifs is 2. The van der Waals surface area contributed by atoms with E-state index in [-0.39, 0.29) is 0 Å². The Bertz CT molecular complexity index is 295. The Morgan fingerprint density at radius 2 is 2.18 bits per heavy atom. The fourth-order valence-corrected chi connectivity index (χ4v) is 1.14. The first kappa shape index (κ1) is 6.40. The molecule has 0 N–H and O–H groups in total. The van der Waals surface area contributed by atoms with Crippen molar-refractivity contribution in [2.45, 2.75) is 13.3 Å². The van der Waals surface area contributed by atoms with Crippen LogP contribution in [0.1, 0.15) is 13.3 Å². The minimum absolute atomic E-state index is 0.877. The number of hydrogen-bond acceptors (Lipinski definition) is 2. The van der Waals surface area contributed by atoms with Crippen molar-refractivity contribution >= 4 is 5.71 Å². The van der Waals surface area contributed by atoms with Gasteiger partial charge in [0.1, 0.15) is 5.76 Å². The van der Waals surface area contributed by atoms with Crippen LogP contribution in [-0.2, 0) is 4.84 Å². The maximum Gasteiger partial charge on any atom is 0.139 e. The summed E-state index contributed by atoms with van der Waals surface area (Å²) in [5, 5.41) is 3.91. The van der Waals surface area contributed by atoms with Crippen molar-refractivity contribution in [3.8, 4) is 0 Å². The SMILES string of the molecule is CC1=NOC2=CC=CC=C1C2. The van der Waals surface area contributed by atoms with E-state index in [1.165, 1.54) is 5.57 Å². The van der Waals surface area contributed by atoms with Crippen molar-refractivity contribution in [3.63, 3.8) is 0 Å². The fraction of sp³-hybridized carbons (Fsp3) is 0.222. The molecule has 2 heteroatoms. The van der Waals surface area contributed by atoms with Crippen LogP contribution in [0.5, 0.6) is 0 Å². The Kier molecular flexibility index (Phi) is 1.39. The van der Waals surface area contributed by atoms with Crippen LogP contribution >= 0.6 is 0 Å². The zero-order chi connectivity index (χ0) is 7.68. The van der Waals surface area contributed by atoms with Gasteiger partial charge in [0.05, 0.1) is 5.71 Å². The van der Waals surface area contributed by atoms with Crippen LogP contribution in [0.3, 0.4) is 0 Å². The van der Waals surface area contributed by atoms with Crippen LogP contribution in [0.2, 0.25) is 0 Å². The number of allylic oxidation sites excluding steroid dienone is 5. The van der Waals surface area contributed by atoms with Gasteiger partial charge in [-0.25, -0.2) is 0 Å². The Labute approximate surface area is 65.5 Å². The van der Waals surface area contributed by atoms with E-state index >= 15 is 0 Å². The minimum Gasteiger partial charge on any atom is -0.361 e. The van der Waals surface area contributed by atoms with E-state index in [1.54, 1.807) is 0 Å². The molecule has 2 aliphatic rings. The summed E-state index contributed by atoms with van der Waals surface area (Å²) in [6, 6.07) is 0. The van der Waals surface area contributed by atoms with Gasteiger partial charge in [0, 0.05) is 6.42 Å². The quantitative estimate of drug-likeness (QED) is 0.514. The van der Waals surface area contributed by atoms with Crippen LogP contribution in [0, 0.1) is 0 Å². The molecule has 1 heterocycles. The molecule has 2 bridgehead atoms. The van der Waals surface area contributed by atoms with Crippen molar-refractivity contribution in [1.29, 1.82) is 0 Å². The molecule has 1 aliphatic heterocycles. The lowest BCUT2D eigenvalue weighted by Crippen LogP contribution is -2.06. The highest BCUT2D eigenvalue weighted by Crippen LogP contribution is 2.22. The molecular formula is C9H9NO. The molecule has 56 valence electrons. The largest absolute Gasteiger partial charge is 0.361 e. The summed E-state index contributed by atoms with van der Waals surface area (Å²) in [4.78, 5) is 5.10. The number of oxime groups is 1. The molecule has 0 saturated carbocycles. The average molecular weight is 147 g/mol. The molecule has 0 aromatic heterocycles. The van der Waals surface area contributed by atoms with Gasteiger partial charge in [0.15, 0.2) is 0 Å². The van der Waals surface area contributed by atoms with E-state index in [4.69, 9.17) is 4.84 Å². The third kappa shape index (κ3) is 1.11. The van der Waals surface area contributed by atoms with Gasteiger partial charge in [-0.3, -0.25) is 0 Å². The first-order valence-corrected chi connectivity index (χ1v) is 3.64. The zero-order valence-electron chi connectivity index (χ0n) is 6.37. The first-order valence-electron chi connectivity index (χ1n) is 3.64. The van der Waals surface area contributed by atoms with Crippen LogP contribution < -0.4 is 0 Å². The molecule has 0 unspecified atom stereocenters. The van der Waals surface area contributed by atoms with Crippen LogP contribution in [-0.4, -0.2) is 5.71 Å². The van der Waals surface area contributed by atoms with Gasteiger partial charge in [-0.1, -0.05) is 23.4 Å². The monoisotopic (exact) mass is 147 g/mol. The lowest BCUT2D eigenvalue weighted by Gasteiger charge is -2.12. The highest BCUT2D eigenvalue weighted by atomic mass is 16.6. The Balaban J connectivity index is 2.46. The molecular weight excluding hydrogens is 138 g/mol. The van der Waals surface area contributed by atoms with Crippen molar-refractivity contribution in [3.05, 3.63) is 35.6 Å². The summed E-state index contributed by atoms with van der Waals surface area (Å²) in [6.07, 6.45) is 8.87. The van der Waals surface area contributed by atoms with Gasteiger partial charge in [-0.2, -0.15) is 0 Å². The summed E-state index contributed by atoms with van der Waals surface area (Å²) in [5.41, 5.74) is 2.23. The first-order chi connectivity index (χ1) is 5.36. The molecule has 0 fully saturated rings. The van der Waals surface area contributed by atoms with Crippen LogP contribution in [0.4, 0.5) is 0 Å². The second-order valence-corrected chi connectivity index (χ2v) is 2.65. The highest BCUT2D eigenvalue weighted by Gasteiger charge is 2.13. The van der Waals surface area contributed by atoms with E-state index in [1.807, 2.05) is 25.2 Å². The Hall–Kier alpha value is -1.31. The van der Waals surface area contributed by atoms with Crippen molar-refractivity contribution in [1.82, 2.24) is 0 Å².